The van der Waals surface area contributed by atoms with Crippen molar-refractivity contribution in [2.75, 3.05) is 32.8 Å². The molecule has 2 aliphatic rings. The molecular formula is C14H20N2O3S. The van der Waals surface area contributed by atoms with Gasteiger partial charge < -0.3 is 19.7 Å². The number of nitrogens with one attached hydrogen (secondary N) is 1. The number of nitrogens with zero attached hydrogens (tertiary/aromatic N) is 1. The van der Waals surface area contributed by atoms with E-state index in [1.165, 1.54) is 0 Å². The maximum Gasteiger partial charge on any atom is 0.242 e. The van der Waals surface area contributed by atoms with Gasteiger partial charge in [-0.3, -0.25) is 4.79 Å². The van der Waals surface area contributed by atoms with E-state index in [1.54, 1.807) is 11.3 Å². The third-order valence-corrected chi connectivity index (χ3v) is 4.41. The van der Waals surface area contributed by atoms with Crippen molar-refractivity contribution in [3.63, 3.8) is 0 Å². The lowest BCUT2D eigenvalue weighted by molar-refractivity contribution is -0.149. The normalized spacial score (nSPS) is 31.2. The zero-order chi connectivity index (χ0) is 13.9. The Balaban J connectivity index is 1.67. The Morgan fingerprint density at radius 1 is 1.50 bits per heavy atom. The van der Waals surface area contributed by atoms with Gasteiger partial charge in [0.2, 0.25) is 5.91 Å². The van der Waals surface area contributed by atoms with Crippen LogP contribution in [0.15, 0.2) is 16.8 Å². The average Bonchev–Trinajstić information content (AvgIpc) is 3.01. The van der Waals surface area contributed by atoms with E-state index in [1.807, 2.05) is 17.2 Å². The second kappa shape index (κ2) is 6.22. The van der Waals surface area contributed by atoms with E-state index in [0.29, 0.717) is 26.3 Å². The fourth-order valence-electron chi connectivity index (χ4n) is 2.72. The molecule has 0 bridgehead atoms. The van der Waals surface area contributed by atoms with Gasteiger partial charge >= 0.3 is 0 Å². The van der Waals surface area contributed by atoms with Crippen molar-refractivity contribution in [1.29, 1.82) is 0 Å². The van der Waals surface area contributed by atoms with Crippen LogP contribution in [0.1, 0.15) is 18.6 Å². The van der Waals surface area contributed by atoms with Crippen LogP contribution in [0.3, 0.4) is 0 Å². The molecular weight excluding hydrogens is 276 g/mol. The minimum Gasteiger partial charge on any atom is -0.378 e. The Morgan fingerprint density at radius 3 is 3.10 bits per heavy atom. The van der Waals surface area contributed by atoms with Gasteiger partial charge in [0.15, 0.2) is 0 Å². The zero-order valence-electron chi connectivity index (χ0n) is 11.6. The highest BCUT2D eigenvalue weighted by atomic mass is 32.1. The van der Waals surface area contributed by atoms with Crippen molar-refractivity contribution in [3.05, 3.63) is 22.4 Å². The number of morpholine rings is 2. The van der Waals surface area contributed by atoms with E-state index in [4.69, 9.17) is 9.47 Å². The van der Waals surface area contributed by atoms with Crippen molar-refractivity contribution in [3.8, 4) is 0 Å². The van der Waals surface area contributed by atoms with Crippen molar-refractivity contribution >= 4 is 17.2 Å². The SMILES string of the molecule is C[C@@H]1CN(C(=O)[C@H]2COCCN2)C[C@@H](c2ccsc2)O1. The van der Waals surface area contributed by atoms with Gasteiger partial charge in [0, 0.05) is 13.1 Å². The number of hydrogen-bond acceptors (Lipinski definition) is 5. The lowest BCUT2D eigenvalue weighted by Crippen LogP contribution is -2.56. The van der Waals surface area contributed by atoms with Crippen molar-refractivity contribution in [1.82, 2.24) is 10.2 Å². The van der Waals surface area contributed by atoms with Gasteiger partial charge in [0.1, 0.15) is 12.1 Å². The molecule has 2 aliphatic heterocycles. The molecule has 0 aliphatic carbocycles. The maximum absolute atomic E-state index is 12.5. The van der Waals surface area contributed by atoms with Crippen LogP contribution in [-0.4, -0.2) is 55.8 Å². The molecule has 0 radical (unpaired) electrons. The molecule has 0 aromatic carbocycles. The molecule has 110 valence electrons. The Kier molecular flexibility index (Phi) is 4.35. The predicted molar refractivity (Wildman–Crippen MR) is 76.8 cm³/mol. The smallest absolute Gasteiger partial charge is 0.242 e. The summed E-state index contributed by atoms with van der Waals surface area (Å²) >= 11 is 1.66. The number of amides is 1. The summed E-state index contributed by atoms with van der Waals surface area (Å²) < 4.78 is 11.3. The summed E-state index contributed by atoms with van der Waals surface area (Å²) in [6.45, 7) is 5.18. The van der Waals surface area contributed by atoms with E-state index in [0.717, 1.165) is 12.1 Å². The Bertz CT molecular complexity index is 445. The first-order valence-electron chi connectivity index (χ1n) is 7.01. The van der Waals surface area contributed by atoms with Crippen LogP contribution in [0.25, 0.3) is 0 Å². The van der Waals surface area contributed by atoms with Gasteiger partial charge in [-0.2, -0.15) is 11.3 Å². The largest absolute Gasteiger partial charge is 0.378 e. The van der Waals surface area contributed by atoms with Crippen molar-refractivity contribution in [2.45, 2.75) is 25.2 Å². The number of carbonyl (C=O) groups excluding carboxylic acids is 1. The summed E-state index contributed by atoms with van der Waals surface area (Å²) in [4.78, 5) is 14.4. The Hall–Kier alpha value is -0.950. The molecule has 0 unspecified atom stereocenters. The predicted octanol–water partition coefficient (Wildman–Crippen LogP) is 1.02. The first kappa shape index (κ1) is 14.0. The third-order valence-electron chi connectivity index (χ3n) is 3.71. The number of ether oxygens (including phenoxy) is 2. The lowest BCUT2D eigenvalue weighted by atomic mass is 10.1. The van der Waals surface area contributed by atoms with Crippen molar-refractivity contribution < 1.29 is 14.3 Å². The van der Waals surface area contributed by atoms with E-state index < -0.39 is 0 Å². The first-order valence-corrected chi connectivity index (χ1v) is 7.96. The molecule has 1 aromatic rings. The summed E-state index contributed by atoms with van der Waals surface area (Å²) in [7, 11) is 0. The molecule has 2 fully saturated rings. The van der Waals surface area contributed by atoms with Crippen molar-refractivity contribution in [2.24, 2.45) is 0 Å². The molecule has 0 saturated carbocycles. The highest BCUT2D eigenvalue weighted by Crippen LogP contribution is 2.27. The number of carbonyl (C=O) groups is 1. The minimum atomic E-state index is -0.211. The summed E-state index contributed by atoms with van der Waals surface area (Å²) in [5.41, 5.74) is 1.16. The lowest BCUT2D eigenvalue weighted by Gasteiger charge is -2.39. The Labute approximate surface area is 122 Å². The molecule has 1 amide bonds. The molecule has 20 heavy (non-hydrogen) atoms. The van der Waals surface area contributed by atoms with Crippen LogP contribution >= 0.6 is 11.3 Å². The Morgan fingerprint density at radius 2 is 2.40 bits per heavy atom. The van der Waals surface area contributed by atoms with E-state index in [-0.39, 0.29) is 24.2 Å². The summed E-state index contributed by atoms with van der Waals surface area (Å²) in [5, 5.41) is 7.36. The van der Waals surface area contributed by atoms with Gasteiger partial charge in [-0.15, -0.1) is 0 Å². The number of rotatable bonds is 2. The summed E-state index contributed by atoms with van der Waals surface area (Å²) in [6, 6.07) is 1.86. The zero-order valence-corrected chi connectivity index (χ0v) is 12.4. The van der Waals surface area contributed by atoms with E-state index >= 15 is 0 Å². The molecule has 3 rings (SSSR count). The average molecular weight is 296 g/mol. The monoisotopic (exact) mass is 296 g/mol. The number of hydrogen-bond donors (Lipinski definition) is 1. The van der Waals surface area contributed by atoms with Gasteiger partial charge in [-0.05, 0) is 29.3 Å². The minimum absolute atomic E-state index is 0.0153. The van der Waals surface area contributed by atoms with Gasteiger partial charge in [0.05, 0.1) is 25.9 Å². The third kappa shape index (κ3) is 3.03. The molecule has 1 N–H and O–H groups in total. The molecule has 3 heterocycles. The van der Waals surface area contributed by atoms with Gasteiger partial charge in [-0.1, -0.05) is 0 Å². The highest BCUT2D eigenvalue weighted by Gasteiger charge is 2.33. The molecule has 3 atom stereocenters. The molecule has 2 saturated heterocycles. The maximum atomic E-state index is 12.5. The molecule has 6 heteroatoms. The fraction of sp³-hybridized carbons (Fsp3) is 0.643. The summed E-state index contributed by atoms with van der Waals surface area (Å²) in [6.07, 6.45) is 0.0422. The molecule has 5 nitrogen and oxygen atoms in total. The standard InChI is InChI=1S/C14H20N2O3S/c1-10-6-16(14(17)12-8-18-4-3-15-12)7-13(19-10)11-2-5-20-9-11/h2,5,9-10,12-13,15H,3-4,6-8H2,1H3/t10-,12-,13+/m1/s1. The van der Waals surface area contributed by atoms with Gasteiger partial charge in [0.25, 0.3) is 0 Å². The second-order valence-electron chi connectivity index (χ2n) is 5.32. The number of thiophene rings is 1. The topological polar surface area (TPSA) is 50.8 Å². The van der Waals surface area contributed by atoms with Crippen LogP contribution in [-0.2, 0) is 14.3 Å². The van der Waals surface area contributed by atoms with Crippen LogP contribution in [0.5, 0.6) is 0 Å². The van der Waals surface area contributed by atoms with Crippen LogP contribution in [0, 0.1) is 0 Å². The quantitative estimate of drug-likeness (QED) is 0.885. The highest BCUT2D eigenvalue weighted by molar-refractivity contribution is 7.07. The molecule has 0 spiro atoms. The van der Waals surface area contributed by atoms with E-state index in [2.05, 4.69) is 16.8 Å². The van der Waals surface area contributed by atoms with Gasteiger partial charge in [-0.25, -0.2) is 0 Å². The molecule has 1 aromatic heterocycles. The summed E-state index contributed by atoms with van der Waals surface area (Å²) in [5.74, 6) is 0.125. The first-order chi connectivity index (χ1) is 9.74. The second-order valence-corrected chi connectivity index (χ2v) is 6.10. The van der Waals surface area contributed by atoms with E-state index in [9.17, 15) is 4.79 Å². The fourth-order valence-corrected chi connectivity index (χ4v) is 3.42. The van der Waals surface area contributed by atoms with Crippen LogP contribution in [0.2, 0.25) is 0 Å². The van der Waals surface area contributed by atoms with Crippen LogP contribution in [0.4, 0.5) is 0 Å². The van der Waals surface area contributed by atoms with Crippen LogP contribution < -0.4 is 5.32 Å².